The summed E-state index contributed by atoms with van der Waals surface area (Å²) in [4.78, 5) is 18.0. The van der Waals surface area contributed by atoms with Crippen LogP contribution in [0.15, 0.2) is 58.6 Å². The molecule has 0 spiro atoms. The van der Waals surface area contributed by atoms with E-state index in [2.05, 4.69) is 21.8 Å². The summed E-state index contributed by atoms with van der Waals surface area (Å²) in [5, 5.41) is 6.16. The van der Waals surface area contributed by atoms with Gasteiger partial charge in [-0.2, -0.15) is 0 Å². The number of aliphatic imine (C=N–C) groups is 1. The summed E-state index contributed by atoms with van der Waals surface area (Å²) in [6.07, 6.45) is 8.58. The van der Waals surface area contributed by atoms with Gasteiger partial charge in [-0.3, -0.25) is 4.79 Å². The maximum absolute atomic E-state index is 12.6. The fraction of sp³-hybridized carbons (Fsp3) is 0.217. The summed E-state index contributed by atoms with van der Waals surface area (Å²) in [6, 6.07) is 13.6. The molecule has 5 nitrogen and oxygen atoms in total. The Balaban J connectivity index is 0.00000320. The maximum Gasteiger partial charge on any atom is 1.00 e. The van der Waals surface area contributed by atoms with Gasteiger partial charge < -0.3 is 26.4 Å². The monoisotopic (exact) mass is 444 g/mol. The smallest absolute Gasteiger partial charge is 0.560 e. The number of thioether (sulfide) groups is 1. The minimum Gasteiger partial charge on any atom is -0.560 e. The Kier molecular flexibility index (Phi) is 9.87. The predicted molar refractivity (Wildman–Crippen MR) is 121 cm³/mol. The van der Waals surface area contributed by atoms with Gasteiger partial charge in [0.25, 0.3) is 5.91 Å². The Morgan fingerprint density at radius 1 is 1.30 bits per heavy atom. The molecule has 1 aliphatic heterocycles. The fourth-order valence-electron chi connectivity index (χ4n) is 2.93. The third kappa shape index (κ3) is 6.83. The maximum atomic E-state index is 12.6. The van der Waals surface area contributed by atoms with Gasteiger partial charge in [-0.05, 0) is 61.6 Å². The molecular formula is C23H25KN4OS. The van der Waals surface area contributed by atoms with Crippen molar-refractivity contribution in [1.29, 1.82) is 0 Å². The number of hydrogen-bond acceptors (Lipinski definition) is 4. The number of carbonyl (C=O) groups is 1. The second kappa shape index (κ2) is 11.9. The normalized spacial score (nSPS) is 14.9. The average Bonchev–Trinajstić information content (AvgIpc) is 2.69. The third-order valence-corrected chi connectivity index (χ3v) is 5.45. The van der Waals surface area contributed by atoms with Crippen LogP contribution in [0.3, 0.4) is 0 Å². The van der Waals surface area contributed by atoms with Gasteiger partial charge in [0, 0.05) is 22.2 Å². The molecule has 0 radical (unpaired) electrons. The van der Waals surface area contributed by atoms with Gasteiger partial charge >= 0.3 is 51.4 Å². The number of anilines is 1. The van der Waals surface area contributed by atoms with Crippen molar-refractivity contribution in [2.75, 3.05) is 18.6 Å². The molecule has 0 fully saturated rings. The quantitative estimate of drug-likeness (QED) is 0.222. The third-order valence-electron chi connectivity index (χ3n) is 4.55. The minimum atomic E-state index is -0.112. The fourth-order valence-corrected chi connectivity index (χ4v) is 3.52. The second-order valence-electron chi connectivity index (χ2n) is 6.88. The summed E-state index contributed by atoms with van der Waals surface area (Å²) in [7, 11) is 1.96. The second-order valence-corrected chi connectivity index (χ2v) is 7.73. The first-order chi connectivity index (χ1) is 14.0. The van der Waals surface area contributed by atoms with Gasteiger partial charge in [0.1, 0.15) is 7.05 Å². The molecule has 2 aromatic carbocycles. The Bertz CT molecular complexity index is 1000. The molecule has 150 valence electrons. The summed E-state index contributed by atoms with van der Waals surface area (Å²) in [5.74, 6) is -0.112. The molecule has 2 aromatic rings. The van der Waals surface area contributed by atoms with Gasteiger partial charge in [0.15, 0.2) is 0 Å². The molecule has 2 N–H and O–H groups in total. The topological polar surface area (TPSA) is 56.5 Å². The molecule has 0 saturated carbocycles. The van der Waals surface area contributed by atoms with E-state index in [1.165, 1.54) is 4.90 Å². The van der Waals surface area contributed by atoms with Gasteiger partial charge in [0.05, 0.1) is 18.5 Å². The Morgan fingerprint density at radius 3 is 2.73 bits per heavy atom. The molecule has 3 rings (SSSR count). The molecule has 0 saturated heterocycles. The molecule has 1 unspecified atom stereocenters. The van der Waals surface area contributed by atoms with E-state index < -0.39 is 0 Å². The first-order valence-corrected chi connectivity index (χ1v) is 10.6. The van der Waals surface area contributed by atoms with Crippen LogP contribution in [-0.2, 0) is 0 Å². The number of hydrogen-bond donors (Lipinski definition) is 2. The minimum absolute atomic E-state index is 0. The molecular weight excluding hydrogens is 419 g/mol. The molecule has 1 atom stereocenters. The molecule has 1 heterocycles. The molecule has 0 aromatic heterocycles. The van der Waals surface area contributed by atoms with Crippen LogP contribution in [0.1, 0.15) is 34.5 Å². The molecule has 1 aliphatic rings. The molecule has 0 bridgehead atoms. The number of benzene rings is 2. The van der Waals surface area contributed by atoms with E-state index in [-0.39, 0.29) is 63.3 Å². The Labute approximate surface area is 225 Å². The molecule has 1 amide bonds. The molecule has 7 heteroatoms. The summed E-state index contributed by atoms with van der Waals surface area (Å²) in [6.45, 7) is 5.99. The number of rotatable bonds is 7. The van der Waals surface area contributed by atoms with E-state index in [4.69, 9.17) is 0 Å². The standard InChI is InChI=1S/C23H25N4OS.K/c1-16-12-19(8-9-22(16)29-4)23(28)26-20-7-5-6-18(13-20)17(2)24-10-11-25-21-14-27(3)15-21;/h5-9,11-15,17,24H,1-4H3,(H,26,28);/q-1;+1. The zero-order valence-corrected chi connectivity index (χ0v) is 22.0. The van der Waals surface area contributed by atoms with E-state index in [0.29, 0.717) is 5.56 Å². The van der Waals surface area contributed by atoms with Crippen LogP contribution in [0.2, 0.25) is 0 Å². The zero-order chi connectivity index (χ0) is 20.8. The van der Waals surface area contributed by atoms with Gasteiger partial charge in [-0.25, -0.2) is 0 Å². The van der Waals surface area contributed by atoms with Crippen LogP contribution < -0.4 is 62.0 Å². The van der Waals surface area contributed by atoms with E-state index in [0.717, 1.165) is 22.5 Å². The van der Waals surface area contributed by atoms with Gasteiger partial charge in [-0.15, -0.1) is 18.0 Å². The van der Waals surface area contributed by atoms with Crippen LogP contribution in [0, 0.1) is 19.7 Å². The van der Waals surface area contributed by atoms with Crippen LogP contribution in [0.5, 0.6) is 0 Å². The van der Waals surface area contributed by atoms with Crippen LogP contribution in [0.25, 0.3) is 0 Å². The predicted octanol–water partition coefficient (Wildman–Crippen LogP) is 1.23. The SMILES string of the molecule is CSc1ccc(C(=O)Nc2cccc(C(C)N[C-]=CN=C3C=[N+](C)[CH-]3)c2)cc1C.[K+]. The van der Waals surface area contributed by atoms with Crippen molar-refractivity contribution in [2.24, 2.45) is 4.99 Å². The van der Waals surface area contributed by atoms with E-state index in [9.17, 15) is 4.79 Å². The van der Waals surface area contributed by atoms with Crippen molar-refractivity contribution in [1.82, 2.24) is 5.32 Å². The van der Waals surface area contributed by atoms with Gasteiger partial charge in [-0.1, -0.05) is 12.1 Å². The average molecular weight is 445 g/mol. The summed E-state index contributed by atoms with van der Waals surface area (Å²) >= 11 is 1.68. The van der Waals surface area contributed by atoms with E-state index >= 15 is 0 Å². The van der Waals surface area contributed by atoms with Crippen molar-refractivity contribution >= 4 is 35.3 Å². The first-order valence-electron chi connectivity index (χ1n) is 9.34. The zero-order valence-electron chi connectivity index (χ0n) is 18.1. The number of aryl methyl sites for hydroxylation is 1. The number of nitrogens with one attached hydrogen (secondary N) is 2. The van der Waals surface area contributed by atoms with Gasteiger partial charge in [0.2, 0.25) is 0 Å². The molecule has 0 aliphatic carbocycles. The Hall–Kier alpha value is -1.35. The molecule has 30 heavy (non-hydrogen) atoms. The van der Waals surface area contributed by atoms with Crippen molar-refractivity contribution in [3.8, 4) is 0 Å². The first kappa shape index (κ1) is 24.9. The number of nitrogens with zero attached hydrogens (tertiary/aromatic N) is 2. The van der Waals surface area contributed by atoms with E-state index in [1.54, 1.807) is 18.0 Å². The van der Waals surface area contributed by atoms with Crippen molar-refractivity contribution in [3.63, 3.8) is 0 Å². The van der Waals surface area contributed by atoms with Crippen molar-refractivity contribution < 1.29 is 60.8 Å². The van der Waals surface area contributed by atoms with Crippen LogP contribution >= 0.6 is 11.8 Å². The number of amides is 1. The number of carbonyl (C=O) groups excluding carboxylic acids is 1. The largest absolute Gasteiger partial charge is 1.00 e. The summed E-state index contributed by atoms with van der Waals surface area (Å²) in [5.41, 5.74) is 4.49. The summed E-state index contributed by atoms with van der Waals surface area (Å²) < 4.78 is 1.95. The Morgan fingerprint density at radius 2 is 2.07 bits per heavy atom. The van der Waals surface area contributed by atoms with Crippen molar-refractivity contribution in [3.05, 3.63) is 78.1 Å². The van der Waals surface area contributed by atoms with E-state index in [1.807, 2.05) is 87.0 Å². The van der Waals surface area contributed by atoms with Crippen LogP contribution in [0.4, 0.5) is 5.69 Å². The van der Waals surface area contributed by atoms with Crippen molar-refractivity contribution in [2.45, 2.75) is 24.8 Å². The van der Waals surface area contributed by atoms with Crippen LogP contribution in [-0.4, -0.2) is 35.7 Å².